The van der Waals surface area contributed by atoms with Gasteiger partial charge in [-0.2, -0.15) is 0 Å². The predicted octanol–water partition coefficient (Wildman–Crippen LogP) is 2.29. The zero-order valence-electron chi connectivity index (χ0n) is 16.2. The minimum Gasteiger partial charge on any atom is -0.378 e. The number of hydrogen-bond acceptors (Lipinski definition) is 3. The monoisotopic (exact) mass is 373 g/mol. The van der Waals surface area contributed by atoms with Gasteiger partial charge in [-0.1, -0.05) is 30.3 Å². The number of likely N-dealkylation sites (tertiary alicyclic amines) is 1. The van der Waals surface area contributed by atoms with E-state index in [1.54, 1.807) is 0 Å². The van der Waals surface area contributed by atoms with Gasteiger partial charge in [-0.25, -0.2) is 4.79 Å². The quantitative estimate of drug-likeness (QED) is 0.861. The lowest BCUT2D eigenvalue weighted by atomic mass is 9.95. The Morgan fingerprint density at radius 2 is 1.74 bits per heavy atom. The highest BCUT2D eigenvalue weighted by molar-refractivity contribution is 5.80. The van der Waals surface area contributed by atoms with Gasteiger partial charge in [-0.15, -0.1) is 0 Å². The number of amides is 3. The number of piperidine rings is 1. The summed E-state index contributed by atoms with van der Waals surface area (Å²) in [6.07, 6.45) is 3.38. The zero-order valence-corrected chi connectivity index (χ0v) is 16.2. The van der Waals surface area contributed by atoms with Gasteiger partial charge in [0.15, 0.2) is 0 Å². The van der Waals surface area contributed by atoms with Gasteiger partial charge in [0.2, 0.25) is 5.91 Å². The summed E-state index contributed by atoms with van der Waals surface area (Å²) in [6.45, 7) is 6.00. The van der Waals surface area contributed by atoms with Gasteiger partial charge < -0.3 is 19.9 Å². The number of rotatable bonds is 5. The number of benzene rings is 1. The van der Waals surface area contributed by atoms with Crippen molar-refractivity contribution in [3.8, 4) is 0 Å². The summed E-state index contributed by atoms with van der Waals surface area (Å²) in [4.78, 5) is 28.8. The summed E-state index contributed by atoms with van der Waals surface area (Å²) in [6, 6.07) is 10.5. The molecule has 1 N–H and O–H groups in total. The molecule has 0 aliphatic carbocycles. The molecule has 1 unspecified atom stereocenters. The topological polar surface area (TPSA) is 61.9 Å². The second-order valence-corrected chi connectivity index (χ2v) is 7.57. The molecule has 2 heterocycles. The van der Waals surface area contributed by atoms with E-state index >= 15 is 0 Å². The van der Waals surface area contributed by atoms with Crippen molar-refractivity contribution in [2.24, 2.45) is 5.92 Å². The van der Waals surface area contributed by atoms with Crippen LogP contribution in [-0.2, 0) is 16.0 Å². The Bertz CT molecular complexity index is 608. The van der Waals surface area contributed by atoms with E-state index in [1.165, 1.54) is 5.56 Å². The number of nitrogens with one attached hydrogen (secondary N) is 1. The molecule has 6 nitrogen and oxygen atoms in total. The maximum atomic E-state index is 12.6. The van der Waals surface area contributed by atoms with Crippen LogP contribution in [0.25, 0.3) is 0 Å². The predicted molar refractivity (Wildman–Crippen MR) is 104 cm³/mol. The van der Waals surface area contributed by atoms with Gasteiger partial charge in [0.1, 0.15) is 0 Å². The van der Waals surface area contributed by atoms with Crippen LogP contribution in [0.1, 0.15) is 31.7 Å². The first kappa shape index (κ1) is 19.7. The summed E-state index contributed by atoms with van der Waals surface area (Å²) in [5.74, 6) is 0.275. The van der Waals surface area contributed by atoms with Crippen LogP contribution < -0.4 is 5.32 Å². The van der Waals surface area contributed by atoms with Crippen molar-refractivity contribution in [2.75, 3.05) is 39.4 Å². The van der Waals surface area contributed by atoms with Crippen molar-refractivity contribution < 1.29 is 14.3 Å². The fraction of sp³-hybridized carbons (Fsp3) is 0.619. The minimum atomic E-state index is -0.00664. The molecule has 3 rings (SSSR count). The molecular formula is C21H31N3O3. The molecule has 0 saturated carbocycles. The number of morpholine rings is 1. The molecule has 3 amide bonds. The van der Waals surface area contributed by atoms with Gasteiger partial charge in [0.05, 0.1) is 13.2 Å². The number of carbonyl (C=O) groups excluding carboxylic acids is 2. The maximum Gasteiger partial charge on any atom is 0.317 e. The number of hydrogen-bond donors (Lipinski definition) is 1. The second kappa shape index (κ2) is 9.74. The third kappa shape index (κ3) is 5.70. The van der Waals surface area contributed by atoms with Gasteiger partial charge in [-0.3, -0.25) is 4.79 Å². The van der Waals surface area contributed by atoms with Crippen LogP contribution >= 0.6 is 0 Å². The molecule has 27 heavy (non-hydrogen) atoms. The van der Waals surface area contributed by atoms with Crippen LogP contribution in [-0.4, -0.2) is 67.2 Å². The standard InChI is InChI=1S/C21H31N3O3/c1-17(7-8-18-5-3-2-4-6-18)22-21(26)24-11-9-19(10-12-24)20(25)23-13-15-27-16-14-23/h2-6,17,19H,7-16H2,1H3,(H,22,26). The molecule has 2 fully saturated rings. The van der Waals surface area contributed by atoms with E-state index in [-0.39, 0.29) is 23.9 Å². The maximum absolute atomic E-state index is 12.6. The van der Waals surface area contributed by atoms with Crippen molar-refractivity contribution in [1.82, 2.24) is 15.1 Å². The molecule has 6 heteroatoms. The van der Waals surface area contributed by atoms with E-state index < -0.39 is 0 Å². The van der Waals surface area contributed by atoms with Crippen LogP contribution in [0.3, 0.4) is 0 Å². The molecular weight excluding hydrogens is 342 g/mol. The molecule has 1 atom stereocenters. The molecule has 2 saturated heterocycles. The lowest BCUT2D eigenvalue weighted by Crippen LogP contribution is -2.50. The third-order valence-corrected chi connectivity index (χ3v) is 5.53. The Hall–Kier alpha value is -2.08. The lowest BCUT2D eigenvalue weighted by Gasteiger charge is -2.35. The number of carbonyl (C=O) groups is 2. The molecule has 2 aliphatic rings. The van der Waals surface area contributed by atoms with E-state index in [0.29, 0.717) is 39.4 Å². The highest BCUT2D eigenvalue weighted by atomic mass is 16.5. The molecule has 0 aromatic heterocycles. The number of ether oxygens (including phenoxy) is 1. The first-order valence-corrected chi connectivity index (χ1v) is 10.1. The van der Waals surface area contributed by atoms with E-state index in [2.05, 4.69) is 24.4 Å². The summed E-state index contributed by atoms with van der Waals surface area (Å²) in [5, 5.41) is 3.10. The molecule has 0 spiro atoms. The van der Waals surface area contributed by atoms with E-state index in [1.807, 2.05) is 28.0 Å². The van der Waals surface area contributed by atoms with Crippen LogP contribution in [0.5, 0.6) is 0 Å². The van der Waals surface area contributed by atoms with Gasteiger partial charge in [0, 0.05) is 38.1 Å². The summed E-state index contributed by atoms with van der Waals surface area (Å²) >= 11 is 0. The van der Waals surface area contributed by atoms with Crippen molar-refractivity contribution >= 4 is 11.9 Å². The number of nitrogens with zero attached hydrogens (tertiary/aromatic N) is 2. The highest BCUT2D eigenvalue weighted by Crippen LogP contribution is 2.20. The smallest absolute Gasteiger partial charge is 0.317 e. The Morgan fingerprint density at radius 1 is 1.07 bits per heavy atom. The Morgan fingerprint density at radius 3 is 2.41 bits per heavy atom. The molecule has 1 aromatic carbocycles. The highest BCUT2D eigenvalue weighted by Gasteiger charge is 2.31. The SMILES string of the molecule is CC(CCc1ccccc1)NC(=O)N1CCC(C(=O)N2CCOCC2)CC1. The average Bonchev–Trinajstić information content (AvgIpc) is 2.73. The number of aryl methyl sites for hydroxylation is 1. The van der Waals surface area contributed by atoms with Crippen molar-refractivity contribution in [1.29, 1.82) is 0 Å². The number of urea groups is 1. The molecule has 2 aliphatic heterocycles. The minimum absolute atomic E-state index is 0.00664. The molecule has 0 bridgehead atoms. The summed E-state index contributed by atoms with van der Waals surface area (Å²) in [5.41, 5.74) is 1.29. The summed E-state index contributed by atoms with van der Waals surface area (Å²) < 4.78 is 5.32. The Labute approximate surface area is 161 Å². The lowest BCUT2D eigenvalue weighted by molar-refractivity contribution is -0.141. The normalized spacial score (nSPS) is 19.6. The molecule has 148 valence electrons. The first-order valence-electron chi connectivity index (χ1n) is 10.1. The van der Waals surface area contributed by atoms with Crippen molar-refractivity contribution in [3.63, 3.8) is 0 Å². The summed E-state index contributed by atoms with van der Waals surface area (Å²) in [7, 11) is 0. The first-order chi connectivity index (χ1) is 13.1. The van der Waals surface area contributed by atoms with Crippen molar-refractivity contribution in [3.05, 3.63) is 35.9 Å². The molecule has 1 aromatic rings. The van der Waals surface area contributed by atoms with Gasteiger partial charge in [-0.05, 0) is 38.2 Å². The van der Waals surface area contributed by atoms with Crippen LogP contribution in [0.15, 0.2) is 30.3 Å². The molecule has 0 radical (unpaired) electrons. The fourth-order valence-corrected chi connectivity index (χ4v) is 3.77. The van der Waals surface area contributed by atoms with E-state index in [0.717, 1.165) is 25.7 Å². The zero-order chi connectivity index (χ0) is 19.1. The largest absolute Gasteiger partial charge is 0.378 e. The third-order valence-electron chi connectivity index (χ3n) is 5.53. The van der Waals surface area contributed by atoms with E-state index in [4.69, 9.17) is 4.74 Å². The Kier molecular flexibility index (Phi) is 7.10. The van der Waals surface area contributed by atoms with Gasteiger partial charge in [0.25, 0.3) is 0 Å². The average molecular weight is 373 g/mol. The van der Waals surface area contributed by atoms with Crippen molar-refractivity contribution in [2.45, 2.75) is 38.6 Å². The Balaban J connectivity index is 1.38. The van der Waals surface area contributed by atoms with Crippen LogP contribution in [0, 0.1) is 5.92 Å². The second-order valence-electron chi connectivity index (χ2n) is 7.57. The van der Waals surface area contributed by atoms with Crippen LogP contribution in [0.4, 0.5) is 4.79 Å². The van der Waals surface area contributed by atoms with Crippen LogP contribution in [0.2, 0.25) is 0 Å². The van der Waals surface area contributed by atoms with E-state index in [9.17, 15) is 9.59 Å². The fourth-order valence-electron chi connectivity index (χ4n) is 3.77. The van der Waals surface area contributed by atoms with Gasteiger partial charge >= 0.3 is 6.03 Å².